The van der Waals surface area contributed by atoms with Crippen molar-refractivity contribution in [3.05, 3.63) is 0 Å². The van der Waals surface area contributed by atoms with E-state index < -0.39 is 18.0 Å². The van der Waals surface area contributed by atoms with E-state index in [1.165, 1.54) is 0 Å². The Balaban J connectivity index is -0.000000143. The summed E-state index contributed by atoms with van der Waals surface area (Å²) in [7, 11) is 0. The third-order valence-electron chi connectivity index (χ3n) is 1.68. The van der Waals surface area contributed by atoms with Gasteiger partial charge >= 0.3 is 18.1 Å². The van der Waals surface area contributed by atoms with Crippen LogP contribution in [0.1, 0.15) is 26.7 Å². The molecule has 0 spiro atoms. The maximum atomic E-state index is 10.6. The van der Waals surface area contributed by atoms with Crippen LogP contribution < -0.4 is 0 Å². The molecule has 0 radical (unpaired) electrons. The van der Waals surface area contributed by atoms with E-state index >= 15 is 0 Å². The number of rotatable bonds is 8. The average molecular weight is 421 g/mol. The number of aliphatic hydroxyl groups is 1. The first-order valence-electron chi connectivity index (χ1n) is 6.94. The molecule has 0 aliphatic carbocycles. The monoisotopic (exact) mass is 420 g/mol. The van der Waals surface area contributed by atoms with E-state index in [1.54, 1.807) is 13.8 Å². The van der Waals surface area contributed by atoms with Crippen LogP contribution in [0.4, 0.5) is 0 Å². The molecule has 0 aromatic carbocycles. The summed E-state index contributed by atoms with van der Waals surface area (Å²) in [6.45, 7) is 3.79. The minimum absolute atomic E-state index is 0.0165. The van der Waals surface area contributed by atoms with Gasteiger partial charge in [-0.15, -0.1) is 23.2 Å². The molecule has 0 rings (SSSR count). The summed E-state index contributed by atoms with van der Waals surface area (Å²) in [5.41, 5.74) is 0. The highest BCUT2D eigenvalue weighted by Crippen LogP contribution is 1.96. The van der Waals surface area contributed by atoms with Crippen molar-refractivity contribution in [2.24, 2.45) is 0 Å². The molecule has 26 heavy (non-hydrogen) atoms. The molecule has 152 valence electrons. The van der Waals surface area contributed by atoms with E-state index in [0.29, 0.717) is 13.2 Å². The van der Waals surface area contributed by atoms with Gasteiger partial charge in [0.05, 0.1) is 31.6 Å². The number of ketones is 1. The van der Waals surface area contributed by atoms with Gasteiger partial charge < -0.3 is 19.7 Å². The highest BCUT2D eigenvalue weighted by atomic mass is 35.5. The van der Waals surface area contributed by atoms with Crippen molar-refractivity contribution in [3.63, 3.8) is 0 Å². The van der Waals surface area contributed by atoms with Gasteiger partial charge in [0.25, 0.3) is 6.47 Å². The first-order valence-corrected chi connectivity index (χ1v) is 8.01. The number of carbonyl (C=O) groups is 4. The second-order valence-corrected chi connectivity index (χ2v) is 4.24. The lowest BCUT2D eigenvalue weighted by Crippen LogP contribution is -2.16. The maximum absolute atomic E-state index is 10.6. The molecule has 0 aliphatic rings. The van der Waals surface area contributed by atoms with Gasteiger partial charge in [0.2, 0.25) is 0 Å². The minimum Gasteiger partial charge on any atom is -0.483 e. The molecule has 1 atom stereocenters. The summed E-state index contributed by atoms with van der Waals surface area (Å²) >= 11 is 10.4. The Morgan fingerprint density at radius 3 is 1.77 bits per heavy atom. The lowest BCUT2D eigenvalue weighted by atomic mass is 10.3. The number of hydrogen-bond acceptors (Lipinski definition) is 9. The molecule has 10 nitrogen and oxygen atoms in total. The zero-order valence-corrected chi connectivity index (χ0v) is 15.8. The fraction of sp³-hybridized carbons (Fsp3) is 0.643. The first kappa shape index (κ1) is 31.7. The van der Waals surface area contributed by atoms with E-state index in [0.717, 1.165) is 0 Å². The van der Waals surface area contributed by atoms with Crippen LogP contribution in [-0.2, 0) is 38.2 Å². The number of carbonyl (C=O) groups excluding carboxylic acids is 5. The second-order valence-electron chi connectivity index (χ2n) is 3.66. The fourth-order valence-electron chi connectivity index (χ4n) is 0.887. The van der Waals surface area contributed by atoms with Crippen molar-refractivity contribution in [2.75, 3.05) is 25.0 Å². The van der Waals surface area contributed by atoms with Crippen LogP contribution in [0.2, 0.25) is 0 Å². The quantitative estimate of drug-likeness (QED) is 0.243. The molecule has 0 saturated carbocycles. The van der Waals surface area contributed by atoms with Crippen molar-refractivity contribution >= 4 is 53.5 Å². The predicted molar refractivity (Wildman–Crippen MR) is 88.7 cm³/mol. The summed E-state index contributed by atoms with van der Waals surface area (Å²) in [5, 5.41) is 15.7. The molecular weight excluding hydrogens is 399 g/mol. The smallest absolute Gasteiger partial charge is 0.373 e. The number of aliphatic hydroxyl groups excluding tert-OH is 1. The van der Waals surface area contributed by atoms with Crippen LogP contribution in [-0.4, -0.2) is 71.6 Å². The van der Waals surface area contributed by atoms with Crippen molar-refractivity contribution in [2.45, 2.75) is 32.8 Å². The van der Waals surface area contributed by atoms with Gasteiger partial charge in [-0.25, -0.2) is 0 Å². The predicted octanol–water partition coefficient (Wildman–Crippen LogP) is 0.404. The van der Waals surface area contributed by atoms with E-state index in [4.69, 9.17) is 47.8 Å². The molecule has 0 saturated heterocycles. The Morgan fingerprint density at radius 1 is 1.08 bits per heavy atom. The standard InChI is InChI=1S/C6H11ClO3.C6H9ClO3.CH2O2.CO2/c2*1-2-10-6(9)3-5(8)4-7;2*2-1-3/h5,8H,2-4H2,1H3;2-4H2,1H3;1H,(H,2,3);/t5-;;;/m0.../s1. The molecular formula is C14H22Cl2O10. The molecule has 0 aromatic rings. The molecule has 0 fully saturated rings. The van der Waals surface area contributed by atoms with Gasteiger partial charge in [-0.1, -0.05) is 0 Å². The van der Waals surface area contributed by atoms with Crippen molar-refractivity contribution in [1.29, 1.82) is 0 Å². The van der Waals surface area contributed by atoms with Gasteiger partial charge in [-0.05, 0) is 13.8 Å². The van der Waals surface area contributed by atoms with Gasteiger partial charge in [0.1, 0.15) is 6.42 Å². The molecule has 0 heterocycles. The number of hydrogen-bond donors (Lipinski definition) is 2. The van der Waals surface area contributed by atoms with E-state index in [2.05, 4.69) is 9.47 Å². The van der Waals surface area contributed by atoms with Gasteiger partial charge in [0, 0.05) is 5.88 Å². The zero-order chi connectivity index (χ0) is 21.4. The van der Waals surface area contributed by atoms with Crippen molar-refractivity contribution < 1.29 is 48.5 Å². The van der Waals surface area contributed by atoms with Crippen LogP contribution in [0.25, 0.3) is 0 Å². The topological polar surface area (TPSA) is 161 Å². The Morgan fingerprint density at radius 2 is 1.46 bits per heavy atom. The molecule has 2 N–H and O–H groups in total. The highest BCUT2D eigenvalue weighted by molar-refractivity contribution is 6.28. The molecule has 0 aliphatic heterocycles. The fourth-order valence-corrected chi connectivity index (χ4v) is 1.09. The Kier molecular flexibility index (Phi) is 34.0. The van der Waals surface area contributed by atoms with E-state index in [-0.39, 0.29) is 43.0 Å². The molecule has 0 bridgehead atoms. The SMILES string of the molecule is CCOC(=O)CC(=O)CCl.CCOC(=O)C[C@H](O)CCl.O=C=O.O=CO. The lowest BCUT2D eigenvalue weighted by molar-refractivity contribution is -0.191. The lowest BCUT2D eigenvalue weighted by Gasteiger charge is -2.04. The number of alkyl halides is 2. The summed E-state index contributed by atoms with van der Waals surface area (Å²) < 4.78 is 9.05. The van der Waals surface area contributed by atoms with Crippen LogP contribution >= 0.6 is 23.2 Å². The van der Waals surface area contributed by atoms with Crippen LogP contribution in [0.3, 0.4) is 0 Å². The summed E-state index contributed by atoms with van der Waals surface area (Å²) in [6.07, 6.45) is -0.755. The van der Waals surface area contributed by atoms with Crippen LogP contribution in [0.15, 0.2) is 0 Å². The highest BCUT2D eigenvalue weighted by Gasteiger charge is 2.09. The first-order chi connectivity index (χ1) is 12.2. The van der Waals surface area contributed by atoms with Crippen LogP contribution in [0, 0.1) is 0 Å². The van der Waals surface area contributed by atoms with E-state index in [1.807, 2.05) is 0 Å². The number of carboxylic acid groups (broad SMARTS) is 1. The van der Waals surface area contributed by atoms with Crippen molar-refractivity contribution in [1.82, 2.24) is 0 Å². The molecule has 0 amide bonds. The second kappa shape index (κ2) is 27.8. The van der Waals surface area contributed by atoms with Gasteiger partial charge in [-0.2, -0.15) is 9.59 Å². The number of Topliss-reactive ketones (excluding diaryl/α,β-unsaturated/α-hetero) is 1. The molecule has 12 heteroatoms. The van der Waals surface area contributed by atoms with Crippen molar-refractivity contribution in [3.8, 4) is 0 Å². The maximum Gasteiger partial charge on any atom is 0.373 e. The average Bonchev–Trinajstić information content (AvgIpc) is 2.57. The van der Waals surface area contributed by atoms with E-state index in [9.17, 15) is 14.4 Å². The minimum atomic E-state index is -0.777. The number of halogens is 2. The van der Waals surface area contributed by atoms with Gasteiger partial charge in [0.15, 0.2) is 5.78 Å². The number of esters is 2. The third kappa shape index (κ3) is 37.9. The molecule has 0 aromatic heterocycles. The van der Waals surface area contributed by atoms with Crippen LogP contribution in [0.5, 0.6) is 0 Å². The molecule has 0 unspecified atom stereocenters. The largest absolute Gasteiger partial charge is 0.483 e. The normalized spacial score (nSPS) is 9.12. The third-order valence-corrected chi connectivity index (χ3v) is 2.34. The zero-order valence-electron chi connectivity index (χ0n) is 14.3. The summed E-state index contributed by atoms with van der Waals surface area (Å²) in [6, 6.07) is 0. The Labute approximate surface area is 160 Å². The summed E-state index contributed by atoms with van der Waals surface area (Å²) in [4.78, 5) is 56.2. The Bertz CT molecular complexity index is 409. The summed E-state index contributed by atoms with van der Waals surface area (Å²) in [5.74, 6) is -1.28. The van der Waals surface area contributed by atoms with Gasteiger partial charge in [-0.3, -0.25) is 19.2 Å². The number of ether oxygens (including phenoxy) is 2. The Hall–Kier alpha value is -2.00.